The van der Waals surface area contributed by atoms with Crippen LogP contribution in [-0.4, -0.2) is 23.2 Å². The summed E-state index contributed by atoms with van der Waals surface area (Å²) in [5.41, 5.74) is 9.39. The van der Waals surface area contributed by atoms with Crippen LogP contribution in [0.1, 0.15) is 13.3 Å². The molecule has 64 valence electrons. The molecule has 0 saturated heterocycles. The summed E-state index contributed by atoms with van der Waals surface area (Å²) in [4.78, 5) is 10.4. The minimum Gasteiger partial charge on any atom is -0.480 e. The Morgan fingerprint density at radius 2 is 2.18 bits per heavy atom. The molecule has 0 spiro atoms. The van der Waals surface area contributed by atoms with Crippen molar-refractivity contribution in [1.82, 2.24) is 0 Å². The first-order valence-corrected chi connectivity index (χ1v) is 3.38. The Hall–Kier alpha value is -0.870. The summed E-state index contributed by atoms with van der Waals surface area (Å²) in [7, 11) is 0. The third-order valence-corrected chi connectivity index (χ3v) is 1.33. The predicted octanol–water partition coefficient (Wildman–Crippen LogP) is -0.307. The van der Waals surface area contributed by atoms with E-state index in [9.17, 15) is 4.79 Å². The van der Waals surface area contributed by atoms with E-state index in [4.69, 9.17) is 16.6 Å². The number of carboxylic acids is 1. The maximum absolute atomic E-state index is 10.4. The number of aliphatic carboxylic acids is 1. The summed E-state index contributed by atoms with van der Waals surface area (Å²) in [5, 5.41) is 8.55. The molecule has 0 bridgehead atoms. The Labute approximate surface area is 65.9 Å². The fourth-order valence-electron chi connectivity index (χ4n) is 0.512. The van der Waals surface area contributed by atoms with Gasteiger partial charge in [0, 0.05) is 6.54 Å². The van der Waals surface area contributed by atoms with Crippen LogP contribution in [0.3, 0.4) is 0 Å². The molecule has 0 amide bonds. The summed E-state index contributed by atoms with van der Waals surface area (Å²) in [6.07, 6.45) is 3.67. The van der Waals surface area contributed by atoms with Gasteiger partial charge in [-0.05, 0) is 13.3 Å². The van der Waals surface area contributed by atoms with E-state index < -0.39 is 11.5 Å². The van der Waals surface area contributed by atoms with Gasteiger partial charge in [-0.1, -0.05) is 12.2 Å². The molecule has 4 nitrogen and oxygen atoms in total. The van der Waals surface area contributed by atoms with Gasteiger partial charge in [0.15, 0.2) is 0 Å². The second-order valence-corrected chi connectivity index (χ2v) is 2.63. The molecule has 5 N–H and O–H groups in total. The van der Waals surface area contributed by atoms with Crippen LogP contribution in [0.5, 0.6) is 0 Å². The minimum absolute atomic E-state index is 0.305. The predicted molar refractivity (Wildman–Crippen MR) is 43.0 cm³/mol. The van der Waals surface area contributed by atoms with E-state index in [-0.39, 0.29) is 0 Å². The van der Waals surface area contributed by atoms with E-state index in [1.807, 2.05) is 0 Å². The first-order chi connectivity index (χ1) is 5.00. The number of carbonyl (C=O) groups is 1. The molecule has 0 rings (SSSR count). The van der Waals surface area contributed by atoms with Crippen molar-refractivity contribution in [3.05, 3.63) is 12.2 Å². The van der Waals surface area contributed by atoms with Crippen molar-refractivity contribution in [1.29, 1.82) is 0 Å². The van der Waals surface area contributed by atoms with Gasteiger partial charge >= 0.3 is 5.97 Å². The first-order valence-electron chi connectivity index (χ1n) is 3.38. The molecular weight excluding hydrogens is 144 g/mol. The molecule has 0 fully saturated rings. The highest BCUT2D eigenvalue weighted by molar-refractivity contribution is 5.78. The van der Waals surface area contributed by atoms with Crippen molar-refractivity contribution in [3.63, 3.8) is 0 Å². The highest BCUT2D eigenvalue weighted by Crippen LogP contribution is 2.05. The molecule has 0 unspecified atom stereocenters. The second-order valence-electron chi connectivity index (χ2n) is 2.63. The molecule has 0 heterocycles. The van der Waals surface area contributed by atoms with Crippen LogP contribution in [0.25, 0.3) is 0 Å². The van der Waals surface area contributed by atoms with Gasteiger partial charge in [-0.25, -0.2) is 0 Å². The van der Waals surface area contributed by atoms with Crippen molar-refractivity contribution in [2.75, 3.05) is 6.54 Å². The molecule has 1 atom stereocenters. The Balaban J connectivity index is 3.92. The smallest absolute Gasteiger partial charge is 0.323 e. The third kappa shape index (κ3) is 3.75. The van der Waals surface area contributed by atoms with Crippen molar-refractivity contribution < 1.29 is 9.90 Å². The van der Waals surface area contributed by atoms with Crippen molar-refractivity contribution in [2.45, 2.75) is 18.9 Å². The lowest BCUT2D eigenvalue weighted by Gasteiger charge is -2.15. The van der Waals surface area contributed by atoms with Crippen LogP contribution in [0.4, 0.5) is 0 Å². The van der Waals surface area contributed by atoms with E-state index in [0.29, 0.717) is 13.0 Å². The third-order valence-electron chi connectivity index (χ3n) is 1.33. The lowest BCUT2D eigenvalue weighted by molar-refractivity contribution is -0.142. The summed E-state index contributed by atoms with van der Waals surface area (Å²) in [6, 6.07) is 0. The number of hydrogen-bond acceptors (Lipinski definition) is 3. The average Bonchev–Trinajstić information content (AvgIpc) is 1.88. The Morgan fingerprint density at radius 3 is 2.55 bits per heavy atom. The second kappa shape index (κ2) is 4.10. The molecule has 0 aliphatic carbocycles. The van der Waals surface area contributed by atoms with E-state index in [2.05, 4.69) is 0 Å². The average molecular weight is 158 g/mol. The molecule has 0 saturated carbocycles. The fraction of sp³-hybridized carbons (Fsp3) is 0.571. The summed E-state index contributed by atoms with van der Waals surface area (Å²) in [6.45, 7) is 1.88. The standard InChI is InChI=1S/C7H14N2O2/c1-7(9,6(10)11)4-2-3-5-8/h2-3H,4-5,8-9H2,1H3,(H,10,11)/t7-/m0/s1. The maximum atomic E-state index is 10.4. The number of rotatable bonds is 4. The number of nitrogens with two attached hydrogens (primary N) is 2. The van der Waals surface area contributed by atoms with Gasteiger partial charge in [-0.3, -0.25) is 4.79 Å². The molecule has 11 heavy (non-hydrogen) atoms. The SMILES string of the molecule is C[C@](N)(CC=CCN)C(=O)O. The van der Waals surface area contributed by atoms with Crippen LogP contribution < -0.4 is 11.5 Å². The van der Waals surface area contributed by atoms with Crippen molar-refractivity contribution >= 4 is 5.97 Å². The Kier molecular flexibility index (Phi) is 3.78. The largest absolute Gasteiger partial charge is 0.480 e. The monoisotopic (exact) mass is 158 g/mol. The van der Waals surface area contributed by atoms with Crippen LogP contribution in [0, 0.1) is 0 Å². The molecule has 0 aromatic carbocycles. The highest BCUT2D eigenvalue weighted by Gasteiger charge is 2.25. The maximum Gasteiger partial charge on any atom is 0.323 e. The Morgan fingerprint density at radius 1 is 1.64 bits per heavy atom. The van der Waals surface area contributed by atoms with E-state index in [1.54, 1.807) is 12.2 Å². The zero-order valence-electron chi connectivity index (χ0n) is 6.58. The molecular formula is C7H14N2O2. The van der Waals surface area contributed by atoms with Gasteiger partial charge in [0.05, 0.1) is 0 Å². The van der Waals surface area contributed by atoms with E-state index in [1.165, 1.54) is 6.92 Å². The van der Waals surface area contributed by atoms with Crippen LogP contribution in [0.15, 0.2) is 12.2 Å². The van der Waals surface area contributed by atoms with Gasteiger partial charge in [0.25, 0.3) is 0 Å². The number of carboxylic acid groups (broad SMARTS) is 1. The van der Waals surface area contributed by atoms with Crippen LogP contribution >= 0.6 is 0 Å². The molecule has 0 aliphatic rings. The lowest BCUT2D eigenvalue weighted by Crippen LogP contribution is -2.44. The van der Waals surface area contributed by atoms with Crippen LogP contribution in [0.2, 0.25) is 0 Å². The van der Waals surface area contributed by atoms with Crippen LogP contribution in [-0.2, 0) is 4.79 Å². The quantitative estimate of drug-likeness (QED) is 0.490. The summed E-state index contributed by atoms with van der Waals surface area (Å²) in [5.74, 6) is -1.00. The molecule has 0 aliphatic heterocycles. The van der Waals surface area contributed by atoms with Gasteiger partial charge in [-0.2, -0.15) is 0 Å². The van der Waals surface area contributed by atoms with Gasteiger partial charge < -0.3 is 16.6 Å². The summed E-state index contributed by atoms with van der Waals surface area (Å²) < 4.78 is 0. The zero-order chi connectivity index (χ0) is 8.91. The summed E-state index contributed by atoms with van der Waals surface area (Å²) >= 11 is 0. The fourth-order valence-corrected chi connectivity index (χ4v) is 0.512. The van der Waals surface area contributed by atoms with Gasteiger partial charge in [0.2, 0.25) is 0 Å². The van der Waals surface area contributed by atoms with E-state index in [0.717, 1.165) is 0 Å². The van der Waals surface area contributed by atoms with Gasteiger partial charge in [-0.15, -0.1) is 0 Å². The molecule has 0 aromatic rings. The molecule has 4 heteroatoms. The van der Waals surface area contributed by atoms with Crippen molar-refractivity contribution in [2.24, 2.45) is 11.5 Å². The normalized spacial score (nSPS) is 16.6. The minimum atomic E-state index is -1.17. The molecule has 0 radical (unpaired) electrons. The van der Waals surface area contributed by atoms with Crippen molar-refractivity contribution in [3.8, 4) is 0 Å². The lowest BCUT2D eigenvalue weighted by atomic mass is 10.00. The first kappa shape index (κ1) is 10.1. The highest BCUT2D eigenvalue weighted by atomic mass is 16.4. The number of hydrogen-bond donors (Lipinski definition) is 3. The topological polar surface area (TPSA) is 89.3 Å². The van der Waals surface area contributed by atoms with E-state index >= 15 is 0 Å². The zero-order valence-corrected chi connectivity index (χ0v) is 6.58. The molecule has 0 aromatic heterocycles. The Bertz CT molecular complexity index is 164. The van der Waals surface area contributed by atoms with Gasteiger partial charge in [0.1, 0.15) is 5.54 Å².